The van der Waals surface area contributed by atoms with E-state index in [1.165, 1.54) is 6.07 Å². The van der Waals surface area contributed by atoms with Crippen LogP contribution in [-0.2, 0) is 0 Å². The molecule has 0 saturated carbocycles. The molecule has 4 N–H and O–H groups in total. The van der Waals surface area contributed by atoms with Crippen LogP contribution in [0.25, 0.3) is 0 Å². The van der Waals surface area contributed by atoms with Gasteiger partial charge in [-0.2, -0.15) is 0 Å². The number of hydrogen-bond acceptors (Lipinski definition) is 3. The van der Waals surface area contributed by atoms with Crippen LogP contribution in [0.3, 0.4) is 0 Å². The van der Waals surface area contributed by atoms with Gasteiger partial charge in [-0.3, -0.25) is 0 Å². The maximum absolute atomic E-state index is 12.4. The molecule has 0 amide bonds. The molecule has 1 aromatic carbocycles. The van der Waals surface area contributed by atoms with Gasteiger partial charge in [0.15, 0.2) is 0 Å². The molecule has 0 unspecified atom stereocenters. The summed E-state index contributed by atoms with van der Waals surface area (Å²) in [7, 11) is 0. The van der Waals surface area contributed by atoms with E-state index >= 15 is 0 Å². The van der Waals surface area contributed by atoms with E-state index < -0.39 is 29.7 Å². The largest absolute Gasteiger partial charge is 0.507 e. The van der Waals surface area contributed by atoms with Crippen molar-refractivity contribution in [1.82, 2.24) is 0 Å². The Balaban J connectivity index is 3.37. The van der Waals surface area contributed by atoms with Crippen LogP contribution in [0.4, 0.5) is 8.78 Å². The first-order valence-electron chi connectivity index (χ1n) is 4.14. The van der Waals surface area contributed by atoms with Crippen LogP contribution in [-0.4, -0.2) is 22.6 Å². The Morgan fingerprint density at radius 2 is 2.00 bits per heavy atom. The lowest BCUT2D eigenvalue weighted by Gasteiger charge is -2.15. The number of phenols is 1. The van der Waals surface area contributed by atoms with Gasteiger partial charge in [0.2, 0.25) is 0 Å². The molecule has 0 aliphatic carbocycles. The summed E-state index contributed by atoms with van der Waals surface area (Å²) >= 11 is 2.93. The predicted octanol–water partition coefficient (Wildman–Crippen LogP) is 2.12. The second kappa shape index (κ2) is 4.75. The van der Waals surface area contributed by atoms with E-state index in [9.17, 15) is 18.7 Å². The Morgan fingerprint density at radius 3 is 2.44 bits per heavy atom. The molecule has 0 spiro atoms. The topological polar surface area (TPSA) is 83.6 Å². The van der Waals surface area contributed by atoms with Crippen molar-refractivity contribution in [1.29, 1.82) is 0 Å². The number of aromatic hydroxyl groups is 1. The van der Waals surface area contributed by atoms with Gasteiger partial charge in [-0.1, -0.05) is 15.9 Å². The second-order valence-electron chi connectivity index (χ2n) is 3.02. The Hall–Kier alpha value is -1.21. The van der Waals surface area contributed by atoms with Crippen molar-refractivity contribution in [3.05, 3.63) is 27.7 Å². The number of hydrogen-bond donors (Lipinski definition) is 3. The van der Waals surface area contributed by atoms with Crippen LogP contribution < -0.4 is 5.73 Å². The van der Waals surface area contributed by atoms with Crippen LogP contribution in [0.1, 0.15) is 22.0 Å². The summed E-state index contributed by atoms with van der Waals surface area (Å²) in [6, 6.07) is 0.609. The third-order valence-corrected chi connectivity index (χ3v) is 2.69. The number of carboxylic acid groups (broad SMARTS) is 1. The quantitative estimate of drug-likeness (QED) is 0.797. The number of rotatable bonds is 3. The number of nitrogens with two attached hydrogens (primary N) is 1. The fourth-order valence-corrected chi connectivity index (χ4v) is 1.78. The van der Waals surface area contributed by atoms with Crippen LogP contribution in [0, 0.1) is 0 Å². The number of carboxylic acids is 1. The zero-order valence-corrected chi connectivity index (χ0v) is 9.41. The Morgan fingerprint density at radius 1 is 1.44 bits per heavy atom. The monoisotopic (exact) mass is 295 g/mol. The van der Waals surface area contributed by atoms with Crippen molar-refractivity contribution in [2.45, 2.75) is 12.5 Å². The van der Waals surface area contributed by atoms with E-state index in [4.69, 9.17) is 10.8 Å². The lowest BCUT2D eigenvalue weighted by Crippen LogP contribution is -2.20. The second-order valence-corrected chi connectivity index (χ2v) is 3.88. The Labute approximate surface area is 97.8 Å². The van der Waals surface area contributed by atoms with Gasteiger partial charge in [-0.25, -0.2) is 13.6 Å². The lowest BCUT2D eigenvalue weighted by molar-refractivity contribution is 0.0692. The fraction of sp³-hybridized carbons (Fsp3) is 0.222. The van der Waals surface area contributed by atoms with Crippen LogP contribution in [0.2, 0.25) is 0 Å². The highest BCUT2D eigenvalue weighted by molar-refractivity contribution is 9.10. The van der Waals surface area contributed by atoms with Gasteiger partial charge in [0.25, 0.3) is 6.43 Å². The molecule has 0 aliphatic rings. The highest BCUT2D eigenvalue weighted by Gasteiger charge is 2.26. The van der Waals surface area contributed by atoms with Crippen molar-refractivity contribution in [3.63, 3.8) is 0 Å². The van der Waals surface area contributed by atoms with Gasteiger partial charge in [-0.05, 0) is 12.1 Å². The average molecular weight is 296 g/mol. The summed E-state index contributed by atoms with van der Waals surface area (Å²) in [6.07, 6.45) is -2.90. The zero-order valence-electron chi connectivity index (χ0n) is 7.82. The van der Waals surface area contributed by atoms with Crippen LogP contribution >= 0.6 is 15.9 Å². The average Bonchev–Trinajstić information content (AvgIpc) is 2.16. The number of alkyl halides is 2. The van der Waals surface area contributed by atoms with Crippen molar-refractivity contribution >= 4 is 21.9 Å². The lowest BCUT2D eigenvalue weighted by atomic mass is 10.0. The van der Waals surface area contributed by atoms with Crippen molar-refractivity contribution in [2.24, 2.45) is 5.73 Å². The molecule has 88 valence electrons. The molecule has 1 aromatic rings. The Kier molecular flexibility index (Phi) is 3.82. The van der Waals surface area contributed by atoms with Crippen molar-refractivity contribution in [3.8, 4) is 5.75 Å². The van der Waals surface area contributed by atoms with Crippen LogP contribution in [0.15, 0.2) is 16.6 Å². The molecule has 16 heavy (non-hydrogen) atoms. The molecular weight excluding hydrogens is 288 g/mol. The summed E-state index contributed by atoms with van der Waals surface area (Å²) in [5.41, 5.74) is 4.40. The SMILES string of the molecule is N[C@@H](c1c(Br)ccc(C(=O)O)c1O)C(F)F. The van der Waals surface area contributed by atoms with E-state index in [-0.39, 0.29) is 10.0 Å². The molecule has 0 heterocycles. The van der Waals surface area contributed by atoms with E-state index in [1.54, 1.807) is 0 Å². The standard InChI is InChI=1S/C9H8BrF2NO3/c10-4-2-1-3(9(15)16)7(14)5(4)6(13)8(11)12/h1-2,6,8,14H,13H2,(H,15,16)/t6-/m0/s1. The first-order valence-corrected chi connectivity index (χ1v) is 4.94. The number of benzene rings is 1. The van der Waals surface area contributed by atoms with Gasteiger partial charge in [0.05, 0.1) is 6.04 Å². The molecule has 1 rings (SSSR count). The van der Waals surface area contributed by atoms with E-state index in [0.717, 1.165) is 6.07 Å². The maximum Gasteiger partial charge on any atom is 0.339 e. The summed E-state index contributed by atoms with van der Waals surface area (Å²) in [5, 5.41) is 18.2. The van der Waals surface area contributed by atoms with Crippen LogP contribution in [0.5, 0.6) is 5.75 Å². The van der Waals surface area contributed by atoms with Gasteiger partial charge < -0.3 is 15.9 Å². The minimum atomic E-state index is -2.90. The molecular formula is C9H8BrF2NO3. The molecule has 0 saturated heterocycles. The third-order valence-electron chi connectivity index (χ3n) is 2.00. The predicted molar refractivity (Wildman–Crippen MR) is 55.7 cm³/mol. The summed E-state index contributed by atoms with van der Waals surface area (Å²) in [5.74, 6) is -2.15. The van der Waals surface area contributed by atoms with Gasteiger partial charge in [-0.15, -0.1) is 0 Å². The third kappa shape index (κ3) is 2.30. The number of aromatic carboxylic acids is 1. The highest BCUT2D eigenvalue weighted by Crippen LogP contribution is 2.36. The molecule has 0 aliphatic heterocycles. The number of carbonyl (C=O) groups is 1. The molecule has 0 radical (unpaired) electrons. The van der Waals surface area contributed by atoms with E-state index in [2.05, 4.69) is 15.9 Å². The Bertz CT molecular complexity index is 425. The molecule has 0 fully saturated rings. The van der Waals surface area contributed by atoms with Gasteiger partial charge in [0, 0.05) is 10.0 Å². The zero-order chi connectivity index (χ0) is 12.5. The number of halogens is 3. The fourth-order valence-electron chi connectivity index (χ4n) is 1.20. The first kappa shape index (κ1) is 12.9. The van der Waals surface area contributed by atoms with Gasteiger partial charge >= 0.3 is 5.97 Å². The smallest absolute Gasteiger partial charge is 0.339 e. The maximum atomic E-state index is 12.4. The van der Waals surface area contributed by atoms with E-state index in [0.29, 0.717) is 0 Å². The van der Waals surface area contributed by atoms with Crippen molar-refractivity contribution in [2.75, 3.05) is 0 Å². The normalized spacial score (nSPS) is 12.8. The highest BCUT2D eigenvalue weighted by atomic mass is 79.9. The minimum absolute atomic E-state index is 0.141. The molecule has 7 heteroatoms. The molecule has 4 nitrogen and oxygen atoms in total. The molecule has 1 atom stereocenters. The van der Waals surface area contributed by atoms with Gasteiger partial charge in [0.1, 0.15) is 11.3 Å². The summed E-state index contributed by atoms with van der Waals surface area (Å²) in [4.78, 5) is 10.7. The summed E-state index contributed by atoms with van der Waals surface area (Å²) in [6.45, 7) is 0. The minimum Gasteiger partial charge on any atom is -0.507 e. The molecule has 0 aromatic heterocycles. The first-order chi connectivity index (χ1) is 7.36. The van der Waals surface area contributed by atoms with E-state index in [1.807, 2.05) is 0 Å². The van der Waals surface area contributed by atoms with Crippen molar-refractivity contribution < 1.29 is 23.8 Å². The molecule has 0 bridgehead atoms. The summed E-state index contributed by atoms with van der Waals surface area (Å²) < 4.78 is 24.9.